The van der Waals surface area contributed by atoms with Gasteiger partial charge in [-0.2, -0.15) is 0 Å². The van der Waals surface area contributed by atoms with E-state index in [0.717, 1.165) is 51.7 Å². The first-order valence-corrected chi connectivity index (χ1v) is 11.1. The number of guanidine groups is 1. The van der Waals surface area contributed by atoms with Crippen molar-refractivity contribution < 1.29 is 14.2 Å². The van der Waals surface area contributed by atoms with Crippen molar-refractivity contribution in [3.63, 3.8) is 0 Å². The number of halogens is 1. The Morgan fingerprint density at radius 2 is 1.74 bits per heavy atom. The maximum Gasteiger partial charge on any atom is 0.191 e. The molecule has 0 aromatic heterocycles. The molecule has 0 aliphatic carbocycles. The van der Waals surface area contributed by atoms with Gasteiger partial charge in [0.05, 0.1) is 32.0 Å². The topological polar surface area (TPSA) is 67.4 Å². The molecule has 1 fully saturated rings. The van der Waals surface area contributed by atoms with Gasteiger partial charge < -0.3 is 24.8 Å². The fraction of sp³-hybridized carbons (Fsp3) is 0.696. The molecular weight excluding hydrogens is 507 g/mol. The molecule has 0 saturated carbocycles. The Hall–Kier alpha value is -0.940. The van der Waals surface area contributed by atoms with Crippen molar-refractivity contribution in [3.05, 3.63) is 35.4 Å². The maximum absolute atomic E-state index is 5.82. The van der Waals surface area contributed by atoms with Gasteiger partial charge in [0.2, 0.25) is 0 Å². The zero-order valence-corrected chi connectivity index (χ0v) is 21.9. The van der Waals surface area contributed by atoms with Gasteiger partial charge in [-0.1, -0.05) is 24.3 Å². The second kappa shape index (κ2) is 16.7. The lowest BCUT2D eigenvalue weighted by Crippen LogP contribution is -2.44. The number of methoxy groups -OCH3 is 1. The van der Waals surface area contributed by atoms with Crippen LogP contribution in [0, 0.1) is 0 Å². The zero-order chi connectivity index (χ0) is 21.6. The van der Waals surface area contributed by atoms with Crippen LogP contribution in [-0.4, -0.2) is 76.2 Å². The molecular formula is C23H41IN4O3. The largest absolute Gasteiger partial charge is 0.382 e. The van der Waals surface area contributed by atoms with E-state index >= 15 is 0 Å². The van der Waals surface area contributed by atoms with Crippen molar-refractivity contribution in [2.75, 3.05) is 53.1 Å². The summed E-state index contributed by atoms with van der Waals surface area (Å²) in [6.07, 6.45) is 1.54. The third-order valence-electron chi connectivity index (χ3n) is 4.88. The van der Waals surface area contributed by atoms with Crippen molar-refractivity contribution in [1.29, 1.82) is 0 Å². The summed E-state index contributed by atoms with van der Waals surface area (Å²) >= 11 is 0. The Labute approximate surface area is 205 Å². The summed E-state index contributed by atoms with van der Waals surface area (Å²) < 4.78 is 16.3. The monoisotopic (exact) mass is 548 g/mol. The number of nitrogens with zero attached hydrogens (tertiary/aromatic N) is 2. The molecule has 2 rings (SSSR count). The van der Waals surface area contributed by atoms with Gasteiger partial charge in [-0.3, -0.25) is 4.90 Å². The fourth-order valence-electron chi connectivity index (χ4n) is 3.56. The number of morpholine rings is 1. The van der Waals surface area contributed by atoms with E-state index in [9.17, 15) is 0 Å². The highest BCUT2D eigenvalue weighted by Gasteiger charge is 2.21. The highest BCUT2D eigenvalue weighted by Crippen LogP contribution is 2.15. The van der Waals surface area contributed by atoms with Crippen LogP contribution in [-0.2, 0) is 27.3 Å². The summed E-state index contributed by atoms with van der Waals surface area (Å²) in [6.45, 7) is 13.7. The van der Waals surface area contributed by atoms with E-state index in [-0.39, 0.29) is 24.0 Å². The summed E-state index contributed by atoms with van der Waals surface area (Å²) in [5.74, 6) is 0.842. The highest BCUT2D eigenvalue weighted by molar-refractivity contribution is 14.0. The molecule has 31 heavy (non-hydrogen) atoms. The first-order valence-electron chi connectivity index (χ1n) is 11.1. The SMILES string of the molecule is CCNC(=NCc1ccc(CN2CC(C)OC(C)C2)cc1)NCCCOCCOC.I. The molecule has 8 heteroatoms. The molecule has 0 spiro atoms. The van der Waals surface area contributed by atoms with E-state index in [0.29, 0.717) is 32.0 Å². The van der Waals surface area contributed by atoms with Crippen LogP contribution >= 0.6 is 24.0 Å². The third-order valence-corrected chi connectivity index (χ3v) is 4.88. The van der Waals surface area contributed by atoms with Crippen LogP contribution in [0.3, 0.4) is 0 Å². The molecule has 2 unspecified atom stereocenters. The van der Waals surface area contributed by atoms with E-state index in [1.807, 2.05) is 0 Å². The first kappa shape index (κ1) is 28.1. The lowest BCUT2D eigenvalue weighted by Gasteiger charge is -2.35. The van der Waals surface area contributed by atoms with Crippen molar-refractivity contribution in [2.45, 2.75) is 52.5 Å². The number of nitrogens with one attached hydrogen (secondary N) is 2. The standard InChI is InChI=1S/C23H40N4O3.HI/c1-5-24-23(25-11-6-12-29-14-13-28-4)26-15-21-7-9-22(10-8-21)18-27-16-19(2)30-20(3)17-27;/h7-10,19-20H,5-6,11-18H2,1-4H3,(H2,24,25,26);1H. The number of hydrogen-bond donors (Lipinski definition) is 2. The number of hydrogen-bond acceptors (Lipinski definition) is 5. The average Bonchev–Trinajstić information content (AvgIpc) is 2.71. The number of aliphatic imine (C=N–C) groups is 1. The van der Waals surface area contributed by atoms with Crippen LogP contribution in [0.15, 0.2) is 29.3 Å². The normalized spacial score (nSPS) is 19.7. The van der Waals surface area contributed by atoms with Crippen molar-refractivity contribution in [2.24, 2.45) is 4.99 Å². The molecule has 1 aromatic rings. The second-order valence-electron chi connectivity index (χ2n) is 7.85. The molecule has 1 saturated heterocycles. The minimum Gasteiger partial charge on any atom is -0.382 e. The summed E-state index contributed by atoms with van der Waals surface area (Å²) in [6, 6.07) is 8.79. The number of ether oxygens (including phenoxy) is 3. The predicted molar refractivity (Wildman–Crippen MR) is 137 cm³/mol. The van der Waals surface area contributed by atoms with Crippen molar-refractivity contribution >= 4 is 29.9 Å². The molecule has 1 heterocycles. The van der Waals surface area contributed by atoms with E-state index < -0.39 is 0 Å². The molecule has 1 aliphatic rings. The average molecular weight is 549 g/mol. The quantitative estimate of drug-likeness (QED) is 0.181. The van der Waals surface area contributed by atoms with Gasteiger partial charge in [0.15, 0.2) is 5.96 Å². The van der Waals surface area contributed by atoms with Crippen LogP contribution in [0.5, 0.6) is 0 Å². The third kappa shape index (κ3) is 12.0. The molecule has 178 valence electrons. The van der Waals surface area contributed by atoms with Gasteiger partial charge >= 0.3 is 0 Å². The van der Waals surface area contributed by atoms with Gasteiger partial charge in [-0.15, -0.1) is 24.0 Å². The van der Waals surface area contributed by atoms with Crippen LogP contribution in [0.1, 0.15) is 38.3 Å². The summed E-state index contributed by atoms with van der Waals surface area (Å²) in [5.41, 5.74) is 2.55. The molecule has 2 atom stereocenters. The minimum atomic E-state index is 0. The summed E-state index contributed by atoms with van der Waals surface area (Å²) in [7, 11) is 1.68. The van der Waals surface area contributed by atoms with Crippen LogP contribution in [0.4, 0.5) is 0 Å². The Morgan fingerprint density at radius 1 is 1.06 bits per heavy atom. The van der Waals surface area contributed by atoms with E-state index in [2.05, 4.69) is 60.6 Å². The Kier molecular flexibility index (Phi) is 15.1. The predicted octanol–water partition coefficient (Wildman–Crippen LogP) is 3.02. The Morgan fingerprint density at radius 3 is 2.39 bits per heavy atom. The smallest absolute Gasteiger partial charge is 0.191 e. The van der Waals surface area contributed by atoms with E-state index in [1.54, 1.807) is 7.11 Å². The Balaban J connectivity index is 0.00000480. The molecule has 1 aromatic carbocycles. The first-order chi connectivity index (χ1) is 14.6. The Bertz CT molecular complexity index is 605. The van der Waals surface area contributed by atoms with Gasteiger partial charge in [0.25, 0.3) is 0 Å². The molecule has 1 aliphatic heterocycles. The van der Waals surface area contributed by atoms with Crippen LogP contribution < -0.4 is 10.6 Å². The van der Waals surface area contributed by atoms with Crippen molar-refractivity contribution in [3.8, 4) is 0 Å². The highest BCUT2D eigenvalue weighted by atomic mass is 127. The summed E-state index contributed by atoms with van der Waals surface area (Å²) in [4.78, 5) is 7.17. The van der Waals surface area contributed by atoms with Gasteiger partial charge in [0.1, 0.15) is 0 Å². The fourth-order valence-corrected chi connectivity index (χ4v) is 3.56. The van der Waals surface area contributed by atoms with Gasteiger partial charge in [0, 0.05) is 46.4 Å². The molecule has 7 nitrogen and oxygen atoms in total. The number of benzene rings is 1. The van der Waals surface area contributed by atoms with Gasteiger partial charge in [-0.05, 0) is 38.3 Å². The zero-order valence-electron chi connectivity index (χ0n) is 19.6. The van der Waals surface area contributed by atoms with Crippen LogP contribution in [0.2, 0.25) is 0 Å². The minimum absolute atomic E-state index is 0. The molecule has 0 amide bonds. The molecule has 0 radical (unpaired) electrons. The van der Waals surface area contributed by atoms with E-state index in [1.165, 1.54) is 11.1 Å². The second-order valence-corrected chi connectivity index (χ2v) is 7.85. The van der Waals surface area contributed by atoms with Gasteiger partial charge in [-0.25, -0.2) is 4.99 Å². The number of rotatable bonds is 12. The maximum atomic E-state index is 5.82. The van der Waals surface area contributed by atoms with Crippen molar-refractivity contribution in [1.82, 2.24) is 15.5 Å². The lowest BCUT2D eigenvalue weighted by atomic mass is 10.1. The molecule has 0 bridgehead atoms. The lowest BCUT2D eigenvalue weighted by molar-refractivity contribution is -0.0704. The molecule has 2 N–H and O–H groups in total. The van der Waals surface area contributed by atoms with E-state index in [4.69, 9.17) is 19.2 Å². The van der Waals surface area contributed by atoms with Crippen LogP contribution in [0.25, 0.3) is 0 Å². The summed E-state index contributed by atoms with van der Waals surface area (Å²) in [5, 5.41) is 6.66.